The number of allylic oxidation sites excluding steroid dienone is 1. The van der Waals surface area contributed by atoms with Gasteiger partial charge in [0.05, 0.1) is 32.3 Å². The van der Waals surface area contributed by atoms with Crippen LogP contribution in [-0.4, -0.2) is 36.6 Å². The first-order valence-corrected chi connectivity index (χ1v) is 9.47. The maximum absolute atomic E-state index is 12.2. The second-order valence-corrected chi connectivity index (χ2v) is 6.59. The van der Waals surface area contributed by atoms with Gasteiger partial charge in [-0.1, -0.05) is 11.6 Å². The Hall–Kier alpha value is -3.09. The minimum Gasteiger partial charge on any atom is -0.497 e. The maximum atomic E-state index is 12.2. The fraction of sp³-hybridized carbons (Fsp3) is 0.381. The topological polar surface area (TPSA) is 85.4 Å². The number of carbonyl (C=O) groups excluding carboxylic acids is 1. The number of nitrogens with one attached hydrogen (secondary N) is 2. The Morgan fingerprint density at radius 3 is 2.71 bits per heavy atom. The first-order chi connectivity index (χ1) is 13.7. The number of anilines is 2. The van der Waals surface area contributed by atoms with E-state index in [1.165, 1.54) is 30.8 Å². The lowest BCUT2D eigenvalue weighted by Gasteiger charge is -2.13. The summed E-state index contributed by atoms with van der Waals surface area (Å²) in [5.74, 6) is 1.63. The minimum absolute atomic E-state index is 0.211. The van der Waals surface area contributed by atoms with Gasteiger partial charge >= 0.3 is 0 Å². The largest absolute Gasteiger partial charge is 0.497 e. The molecule has 3 rings (SSSR count). The Bertz CT molecular complexity index is 834. The number of nitrogens with zero attached hydrogens (tertiary/aromatic N) is 2. The number of benzene rings is 1. The van der Waals surface area contributed by atoms with Crippen molar-refractivity contribution in [3.05, 3.63) is 47.9 Å². The van der Waals surface area contributed by atoms with Gasteiger partial charge in [0.1, 0.15) is 23.0 Å². The van der Waals surface area contributed by atoms with E-state index in [1.807, 2.05) is 12.1 Å². The molecule has 2 N–H and O–H groups in total. The molecule has 1 aromatic carbocycles. The summed E-state index contributed by atoms with van der Waals surface area (Å²) in [6, 6.07) is 5.43. The molecular formula is C21H26N4O3. The molecule has 1 heterocycles. The van der Waals surface area contributed by atoms with Gasteiger partial charge in [-0.15, -0.1) is 0 Å². The zero-order valence-electron chi connectivity index (χ0n) is 16.3. The van der Waals surface area contributed by atoms with Crippen LogP contribution >= 0.6 is 0 Å². The molecule has 0 bridgehead atoms. The van der Waals surface area contributed by atoms with Crippen molar-refractivity contribution in [2.24, 2.45) is 0 Å². The molecular weight excluding hydrogens is 356 g/mol. The van der Waals surface area contributed by atoms with E-state index in [0.717, 1.165) is 24.9 Å². The van der Waals surface area contributed by atoms with Crippen LogP contribution in [0.5, 0.6) is 11.5 Å². The quantitative estimate of drug-likeness (QED) is 0.675. The van der Waals surface area contributed by atoms with Crippen molar-refractivity contribution in [3.63, 3.8) is 0 Å². The molecule has 2 aromatic rings. The van der Waals surface area contributed by atoms with Crippen molar-refractivity contribution in [2.45, 2.75) is 32.1 Å². The van der Waals surface area contributed by atoms with E-state index in [9.17, 15) is 4.79 Å². The van der Waals surface area contributed by atoms with E-state index in [-0.39, 0.29) is 5.91 Å². The van der Waals surface area contributed by atoms with Gasteiger partial charge < -0.3 is 20.1 Å². The summed E-state index contributed by atoms with van der Waals surface area (Å²) in [7, 11) is 3.19. The zero-order chi connectivity index (χ0) is 19.8. The Morgan fingerprint density at radius 1 is 1.14 bits per heavy atom. The van der Waals surface area contributed by atoms with Crippen molar-refractivity contribution >= 4 is 17.4 Å². The molecule has 0 spiro atoms. The van der Waals surface area contributed by atoms with E-state index < -0.39 is 0 Å². The fourth-order valence-corrected chi connectivity index (χ4v) is 3.11. The smallest absolute Gasteiger partial charge is 0.271 e. The van der Waals surface area contributed by atoms with E-state index in [1.54, 1.807) is 20.3 Å². The number of hydrogen-bond acceptors (Lipinski definition) is 6. The number of ether oxygens (including phenoxy) is 2. The van der Waals surface area contributed by atoms with E-state index in [4.69, 9.17) is 9.47 Å². The van der Waals surface area contributed by atoms with Crippen molar-refractivity contribution in [2.75, 3.05) is 26.1 Å². The molecule has 7 nitrogen and oxygen atoms in total. The molecule has 148 valence electrons. The van der Waals surface area contributed by atoms with Crippen LogP contribution in [0.25, 0.3) is 0 Å². The first kappa shape index (κ1) is 19.7. The number of aromatic nitrogens is 2. The Kier molecular flexibility index (Phi) is 6.84. The van der Waals surface area contributed by atoms with Gasteiger partial charge in [0.15, 0.2) is 0 Å². The molecule has 0 unspecified atom stereocenters. The first-order valence-electron chi connectivity index (χ1n) is 9.47. The molecule has 1 aliphatic carbocycles. The maximum Gasteiger partial charge on any atom is 0.271 e. The Balaban J connectivity index is 1.55. The van der Waals surface area contributed by atoms with Crippen LogP contribution in [0.4, 0.5) is 11.5 Å². The van der Waals surface area contributed by atoms with Gasteiger partial charge in [0, 0.05) is 12.6 Å². The highest BCUT2D eigenvalue weighted by atomic mass is 16.5. The highest BCUT2D eigenvalue weighted by Gasteiger charge is 2.10. The number of amides is 1. The zero-order valence-corrected chi connectivity index (χ0v) is 16.3. The summed E-state index contributed by atoms with van der Waals surface area (Å²) in [5.41, 5.74) is 2.46. The lowest BCUT2D eigenvalue weighted by molar-refractivity contribution is 0.0948. The van der Waals surface area contributed by atoms with E-state index in [0.29, 0.717) is 29.6 Å². The predicted octanol–water partition coefficient (Wildman–Crippen LogP) is 3.86. The average molecular weight is 382 g/mol. The van der Waals surface area contributed by atoms with Crippen LogP contribution in [0.2, 0.25) is 0 Å². The third-order valence-corrected chi connectivity index (χ3v) is 4.67. The molecule has 7 heteroatoms. The van der Waals surface area contributed by atoms with Crippen LogP contribution in [0.15, 0.2) is 42.2 Å². The molecule has 0 radical (unpaired) electrons. The third-order valence-electron chi connectivity index (χ3n) is 4.67. The van der Waals surface area contributed by atoms with Crippen LogP contribution in [0.3, 0.4) is 0 Å². The minimum atomic E-state index is -0.211. The summed E-state index contributed by atoms with van der Waals surface area (Å²) in [5, 5.41) is 6.04. The Labute approximate surface area is 165 Å². The highest BCUT2D eigenvalue weighted by molar-refractivity contribution is 5.92. The number of methoxy groups -OCH3 is 2. The Morgan fingerprint density at radius 2 is 2.04 bits per heavy atom. The summed E-state index contributed by atoms with van der Waals surface area (Å²) in [4.78, 5) is 20.7. The second-order valence-electron chi connectivity index (χ2n) is 6.59. The molecule has 0 fully saturated rings. The normalized spacial score (nSPS) is 13.4. The van der Waals surface area contributed by atoms with Crippen LogP contribution < -0.4 is 20.1 Å². The SMILES string of the molecule is COc1ccc(Nc2cnc(C(=O)NCCC3=CCCCC3)cn2)c(OC)c1. The summed E-state index contributed by atoms with van der Waals surface area (Å²) in [6.07, 6.45) is 11.0. The van der Waals surface area contributed by atoms with Gasteiger partial charge in [-0.3, -0.25) is 4.79 Å². The molecule has 1 amide bonds. The second kappa shape index (κ2) is 9.73. The fourth-order valence-electron chi connectivity index (χ4n) is 3.11. The molecule has 28 heavy (non-hydrogen) atoms. The van der Waals surface area contributed by atoms with Gasteiger partial charge in [0.2, 0.25) is 0 Å². The van der Waals surface area contributed by atoms with Crippen LogP contribution in [0, 0.1) is 0 Å². The van der Waals surface area contributed by atoms with Gasteiger partial charge in [-0.05, 0) is 44.2 Å². The number of hydrogen-bond donors (Lipinski definition) is 2. The van der Waals surface area contributed by atoms with E-state index >= 15 is 0 Å². The third kappa shape index (κ3) is 5.22. The molecule has 1 aliphatic rings. The number of carbonyl (C=O) groups is 1. The lowest BCUT2D eigenvalue weighted by atomic mass is 9.97. The van der Waals surface area contributed by atoms with Gasteiger partial charge in [0.25, 0.3) is 5.91 Å². The summed E-state index contributed by atoms with van der Waals surface area (Å²) < 4.78 is 10.5. The summed E-state index contributed by atoms with van der Waals surface area (Å²) >= 11 is 0. The average Bonchev–Trinajstić information content (AvgIpc) is 2.75. The molecule has 1 aromatic heterocycles. The number of rotatable bonds is 8. The van der Waals surface area contributed by atoms with Crippen LogP contribution in [-0.2, 0) is 0 Å². The van der Waals surface area contributed by atoms with E-state index in [2.05, 4.69) is 26.7 Å². The van der Waals surface area contributed by atoms with Crippen LogP contribution in [0.1, 0.15) is 42.6 Å². The van der Waals surface area contributed by atoms with Gasteiger partial charge in [-0.2, -0.15) is 0 Å². The lowest BCUT2D eigenvalue weighted by Crippen LogP contribution is -2.26. The highest BCUT2D eigenvalue weighted by Crippen LogP contribution is 2.30. The molecule has 0 saturated carbocycles. The van der Waals surface area contributed by atoms with Crippen molar-refractivity contribution in [3.8, 4) is 11.5 Å². The molecule has 0 saturated heterocycles. The monoisotopic (exact) mass is 382 g/mol. The molecule has 0 atom stereocenters. The standard InChI is InChI=1S/C21H26N4O3/c1-27-16-8-9-17(19(12-16)28-2)25-20-14-23-18(13-24-20)21(26)22-11-10-15-6-4-3-5-7-15/h6,8-9,12-14H,3-5,7,10-11H2,1-2H3,(H,22,26)(H,24,25). The van der Waals surface area contributed by atoms with Gasteiger partial charge in [-0.25, -0.2) is 9.97 Å². The summed E-state index contributed by atoms with van der Waals surface area (Å²) in [6.45, 7) is 0.620. The van der Waals surface area contributed by atoms with Crippen molar-refractivity contribution < 1.29 is 14.3 Å². The van der Waals surface area contributed by atoms with Crippen molar-refractivity contribution in [1.29, 1.82) is 0 Å². The predicted molar refractivity (Wildman–Crippen MR) is 108 cm³/mol. The van der Waals surface area contributed by atoms with Crippen molar-refractivity contribution in [1.82, 2.24) is 15.3 Å². The molecule has 0 aliphatic heterocycles.